The van der Waals surface area contributed by atoms with Gasteiger partial charge in [-0.3, -0.25) is 24.1 Å². The summed E-state index contributed by atoms with van der Waals surface area (Å²) in [5, 5.41) is 2.75. The lowest BCUT2D eigenvalue weighted by Crippen LogP contribution is -2.36. The van der Waals surface area contributed by atoms with Crippen molar-refractivity contribution in [3.63, 3.8) is 0 Å². The lowest BCUT2D eigenvalue weighted by Gasteiger charge is -2.13. The maximum atomic E-state index is 12.3. The van der Waals surface area contributed by atoms with Crippen LogP contribution in [0.25, 0.3) is 0 Å². The number of nitrogens with one attached hydrogen (secondary N) is 1. The number of amides is 5. The number of urea groups is 1. The van der Waals surface area contributed by atoms with Gasteiger partial charge in [-0.25, -0.2) is 9.69 Å². The number of Topliss-reactive ketones (excluding diaryl/α,β-unsaturated/α-hetero) is 1. The van der Waals surface area contributed by atoms with Crippen LogP contribution < -0.4 is 5.32 Å². The van der Waals surface area contributed by atoms with Crippen molar-refractivity contribution >= 4 is 35.2 Å². The number of unbranched alkanes of at least 4 members (excludes halogenated alkanes) is 2. The first-order chi connectivity index (χ1) is 12.9. The minimum atomic E-state index is -0.994. The molecule has 0 radical (unpaired) electrons. The van der Waals surface area contributed by atoms with Crippen molar-refractivity contribution < 1.29 is 24.0 Å². The summed E-state index contributed by atoms with van der Waals surface area (Å²) >= 11 is 0. The molecule has 1 saturated heterocycles. The number of hydrogen-bond acceptors (Lipinski definition) is 5. The smallest absolute Gasteiger partial charge is 0.326 e. The molecule has 27 heavy (non-hydrogen) atoms. The molecular formula is C19H23N3O5. The zero-order valence-corrected chi connectivity index (χ0v) is 15.5. The molecule has 1 fully saturated rings. The summed E-state index contributed by atoms with van der Waals surface area (Å²) in [5.74, 6) is -2.47. The number of imide groups is 2. The third-order valence-corrected chi connectivity index (χ3v) is 4.25. The largest absolute Gasteiger partial charge is 0.334 e. The Hall–Kier alpha value is -3.03. The molecule has 1 aromatic carbocycles. The average Bonchev–Trinajstić information content (AvgIpc) is 2.85. The number of carbonyl (C=O) groups excluding carboxylic acids is 5. The predicted octanol–water partition coefficient (Wildman–Crippen LogP) is 2.20. The normalized spacial score (nSPS) is 14.1. The number of carbonyl (C=O) groups is 5. The number of nitrogens with zero attached hydrogens (tertiary/aromatic N) is 2. The van der Waals surface area contributed by atoms with E-state index in [4.69, 9.17) is 0 Å². The number of rotatable bonds is 9. The second-order valence-corrected chi connectivity index (χ2v) is 6.23. The quantitative estimate of drug-likeness (QED) is 0.309. The first-order valence-electron chi connectivity index (χ1n) is 8.99. The van der Waals surface area contributed by atoms with Crippen LogP contribution in [0.1, 0.15) is 49.9 Å². The van der Waals surface area contributed by atoms with Crippen molar-refractivity contribution in [1.29, 1.82) is 0 Å². The van der Waals surface area contributed by atoms with Crippen LogP contribution in [0.3, 0.4) is 0 Å². The lowest BCUT2D eigenvalue weighted by molar-refractivity contribution is -0.143. The van der Waals surface area contributed by atoms with Gasteiger partial charge in [0, 0.05) is 24.2 Å². The molecule has 1 heterocycles. The molecule has 0 bridgehead atoms. The third kappa shape index (κ3) is 4.78. The van der Waals surface area contributed by atoms with Gasteiger partial charge in [-0.2, -0.15) is 0 Å². The highest BCUT2D eigenvalue weighted by atomic mass is 16.2. The van der Waals surface area contributed by atoms with E-state index in [-0.39, 0.29) is 18.0 Å². The number of likely N-dealkylation sites (N-methyl/N-ethyl adjacent to an activating group) is 1. The molecule has 2 rings (SSSR count). The van der Waals surface area contributed by atoms with Crippen molar-refractivity contribution in [3.05, 3.63) is 29.8 Å². The van der Waals surface area contributed by atoms with Gasteiger partial charge in [0.15, 0.2) is 5.78 Å². The van der Waals surface area contributed by atoms with E-state index in [1.807, 2.05) is 0 Å². The Labute approximate surface area is 157 Å². The Morgan fingerprint density at radius 1 is 0.926 bits per heavy atom. The predicted molar refractivity (Wildman–Crippen MR) is 98.0 cm³/mol. The summed E-state index contributed by atoms with van der Waals surface area (Å²) in [4.78, 5) is 61.1. The Kier molecular flexibility index (Phi) is 6.81. The number of ketones is 1. The second kappa shape index (κ2) is 9.07. The van der Waals surface area contributed by atoms with Gasteiger partial charge < -0.3 is 5.32 Å². The van der Waals surface area contributed by atoms with E-state index in [2.05, 4.69) is 12.2 Å². The SMILES string of the molecule is CCCCCC(=O)Nc1ccc(C(=O)CN2C(=O)C(=O)N(CC)C2=O)cc1. The lowest BCUT2D eigenvalue weighted by atomic mass is 10.1. The summed E-state index contributed by atoms with van der Waals surface area (Å²) in [5.41, 5.74) is 0.843. The first kappa shape index (κ1) is 20.3. The van der Waals surface area contributed by atoms with Crippen molar-refractivity contribution in [3.8, 4) is 0 Å². The van der Waals surface area contributed by atoms with Gasteiger partial charge in [-0.1, -0.05) is 19.8 Å². The van der Waals surface area contributed by atoms with Gasteiger partial charge in [0.2, 0.25) is 5.91 Å². The number of hydrogen-bond donors (Lipinski definition) is 1. The molecular weight excluding hydrogens is 350 g/mol. The molecule has 0 unspecified atom stereocenters. The van der Waals surface area contributed by atoms with Crippen LogP contribution in [-0.2, 0) is 14.4 Å². The summed E-state index contributed by atoms with van der Waals surface area (Å²) in [7, 11) is 0. The molecule has 1 aliphatic rings. The van der Waals surface area contributed by atoms with Crippen molar-refractivity contribution in [1.82, 2.24) is 9.80 Å². The molecule has 0 aliphatic carbocycles. The second-order valence-electron chi connectivity index (χ2n) is 6.23. The van der Waals surface area contributed by atoms with Gasteiger partial charge in [-0.05, 0) is 37.6 Å². The zero-order chi connectivity index (χ0) is 20.0. The Morgan fingerprint density at radius 3 is 2.11 bits per heavy atom. The molecule has 8 heteroatoms. The van der Waals surface area contributed by atoms with E-state index < -0.39 is 30.2 Å². The van der Waals surface area contributed by atoms with Gasteiger partial charge in [0.05, 0.1) is 6.54 Å². The fourth-order valence-corrected chi connectivity index (χ4v) is 2.70. The summed E-state index contributed by atoms with van der Waals surface area (Å²) in [6.45, 7) is 3.21. The van der Waals surface area contributed by atoms with Gasteiger partial charge >= 0.3 is 17.8 Å². The monoisotopic (exact) mass is 373 g/mol. The minimum Gasteiger partial charge on any atom is -0.326 e. The van der Waals surface area contributed by atoms with E-state index in [0.717, 1.165) is 24.2 Å². The van der Waals surface area contributed by atoms with Crippen LogP contribution in [0.5, 0.6) is 0 Å². The molecule has 144 valence electrons. The van der Waals surface area contributed by atoms with Crippen molar-refractivity contribution in [2.24, 2.45) is 0 Å². The summed E-state index contributed by atoms with van der Waals surface area (Å²) in [6.07, 6.45) is 3.29. The molecule has 0 saturated carbocycles. The van der Waals surface area contributed by atoms with E-state index in [0.29, 0.717) is 17.0 Å². The van der Waals surface area contributed by atoms with Gasteiger partial charge in [0.1, 0.15) is 0 Å². The fraction of sp³-hybridized carbons (Fsp3) is 0.421. The zero-order valence-electron chi connectivity index (χ0n) is 15.5. The van der Waals surface area contributed by atoms with Crippen LogP contribution in [-0.4, -0.2) is 52.4 Å². The highest BCUT2D eigenvalue weighted by Gasteiger charge is 2.44. The van der Waals surface area contributed by atoms with Crippen LogP contribution in [0, 0.1) is 0 Å². The highest BCUT2D eigenvalue weighted by Crippen LogP contribution is 2.15. The van der Waals surface area contributed by atoms with Crippen LogP contribution in [0.2, 0.25) is 0 Å². The highest BCUT2D eigenvalue weighted by molar-refractivity contribution is 6.45. The molecule has 1 aliphatic heterocycles. The minimum absolute atomic E-state index is 0.0702. The van der Waals surface area contributed by atoms with Crippen molar-refractivity contribution in [2.45, 2.75) is 39.5 Å². The molecule has 1 N–H and O–H groups in total. The Morgan fingerprint density at radius 2 is 1.56 bits per heavy atom. The maximum Gasteiger partial charge on any atom is 0.334 e. The van der Waals surface area contributed by atoms with Crippen LogP contribution in [0.15, 0.2) is 24.3 Å². The Bertz CT molecular complexity index is 757. The van der Waals surface area contributed by atoms with Crippen LogP contribution in [0.4, 0.5) is 10.5 Å². The van der Waals surface area contributed by atoms with Gasteiger partial charge in [0.25, 0.3) is 0 Å². The average molecular weight is 373 g/mol. The van der Waals surface area contributed by atoms with E-state index in [9.17, 15) is 24.0 Å². The fourth-order valence-electron chi connectivity index (χ4n) is 2.70. The molecule has 8 nitrogen and oxygen atoms in total. The molecule has 0 aromatic heterocycles. The number of benzene rings is 1. The molecule has 0 spiro atoms. The third-order valence-electron chi connectivity index (χ3n) is 4.25. The molecule has 0 atom stereocenters. The topological polar surface area (TPSA) is 104 Å². The first-order valence-corrected chi connectivity index (χ1v) is 8.99. The standard InChI is InChI=1S/C19H23N3O5/c1-3-5-6-7-16(24)20-14-10-8-13(9-11-14)15(23)12-22-18(26)17(25)21(4-2)19(22)27/h8-11H,3-7,12H2,1-2H3,(H,20,24). The number of anilines is 1. The van der Waals surface area contributed by atoms with Crippen LogP contribution >= 0.6 is 0 Å². The molecule has 5 amide bonds. The molecule has 1 aromatic rings. The summed E-state index contributed by atoms with van der Waals surface area (Å²) in [6, 6.07) is 5.41. The van der Waals surface area contributed by atoms with E-state index >= 15 is 0 Å². The Balaban J connectivity index is 1.96. The van der Waals surface area contributed by atoms with E-state index in [1.54, 1.807) is 19.1 Å². The van der Waals surface area contributed by atoms with Crippen molar-refractivity contribution in [2.75, 3.05) is 18.4 Å². The summed E-state index contributed by atoms with van der Waals surface area (Å²) < 4.78 is 0. The van der Waals surface area contributed by atoms with E-state index in [1.165, 1.54) is 12.1 Å². The van der Waals surface area contributed by atoms with Gasteiger partial charge in [-0.15, -0.1) is 0 Å². The maximum absolute atomic E-state index is 12.3.